The van der Waals surface area contributed by atoms with Crippen LogP contribution in [0.4, 0.5) is 5.69 Å². The van der Waals surface area contributed by atoms with Gasteiger partial charge in [-0.05, 0) is 36.6 Å². The molecule has 1 aromatic carbocycles. The molecule has 1 aliphatic rings. The Morgan fingerprint density at radius 2 is 1.83 bits per heavy atom. The number of nitrogens with one attached hydrogen (secondary N) is 2. The Labute approximate surface area is 140 Å². The monoisotopic (exact) mass is 331 g/mol. The molecule has 24 heavy (non-hydrogen) atoms. The predicted molar refractivity (Wildman–Crippen MR) is 90.2 cm³/mol. The maximum absolute atomic E-state index is 11.8. The third-order valence-electron chi connectivity index (χ3n) is 3.92. The van der Waals surface area contributed by atoms with Crippen molar-refractivity contribution < 1.29 is 14.5 Å². The Kier molecular flexibility index (Phi) is 6.48. The lowest BCUT2D eigenvalue weighted by Gasteiger charge is -2.22. The van der Waals surface area contributed by atoms with Crippen molar-refractivity contribution in [3.63, 3.8) is 0 Å². The van der Waals surface area contributed by atoms with Crippen LogP contribution in [0.15, 0.2) is 30.3 Å². The van der Waals surface area contributed by atoms with Crippen LogP contribution in [0.3, 0.4) is 0 Å². The van der Waals surface area contributed by atoms with Gasteiger partial charge in [-0.25, -0.2) is 0 Å². The lowest BCUT2D eigenvalue weighted by molar-refractivity contribution is -0.384. The van der Waals surface area contributed by atoms with Gasteiger partial charge < -0.3 is 10.6 Å². The summed E-state index contributed by atoms with van der Waals surface area (Å²) in [5.41, 5.74) is 0.665. The van der Waals surface area contributed by atoms with E-state index in [0.29, 0.717) is 5.56 Å². The highest BCUT2D eigenvalue weighted by molar-refractivity contribution is 5.94. The minimum absolute atomic E-state index is 0.00372. The van der Waals surface area contributed by atoms with Crippen molar-refractivity contribution >= 4 is 23.6 Å². The summed E-state index contributed by atoms with van der Waals surface area (Å²) < 4.78 is 0. The molecule has 0 spiro atoms. The molecular formula is C17H21N3O4. The standard InChI is InChI=1S/C17H21N3O4/c21-16(11-8-13-6-9-15(10-7-13)20(23)24)18-12-17(22)19-14-4-2-1-3-5-14/h6-11,14H,1-5,12H2,(H,18,21)(H,19,22)/b11-8+. The number of carbonyl (C=O) groups excluding carboxylic acids is 2. The topological polar surface area (TPSA) is 101 Å². The van der Waals surface area contributed by atoms with Gasteiger partial charge >= 0.3 is 0 Å². The molecule has 0 saturated heterocycles. The van der Waals surface area contributed by atoms with E-state index in [1.807, 2.05) is 0 Å². The van der Waals surface area contributed by atoms with Gasteiger partial charge in [-0.1, -0.05) is 19.3 Å². The SMILES string of the molecule is O=C(/C=C/c1ccc([N+](=O)[O-])cc1)NCC(=O)NC1CCCCC1. The Morgan fingerprint density at radius 3 is 2.46 bits per heavy atom. The molecule has 1 aromatic rings. The zero-order chi connectivity index (χ0) is 17.4. The summed E-state index contributed by atoms with van der Waals surface area (Å²) >= 11 is 0. The van der Waals surface area contributed by atoms with Gasteiger partial charge in [0.15, 0.2) is 0 Å². The first-order valence-electron chi connectivity index (χ1n) is 8.04. The fraction of sp³-hybridized carbons (Fsp3) is 0.412. The molecule has 0 aliphatic heterocycles. The van der Waals surface area contributed by atoms with Crippen LogP contribution in [-0.2, 0) is 9.59 Å². The first-order chi connectivity index (χ1) is 11.5. The molecule has 0 heterocycles. The lowest BCUT2D eigenvalue weighted by atomic mass is 9.95. The zero-order valence-corrected chi connectivity index (χ0v) is 13.4. The van der Waals surface area contributed by atoms with Crippen molar-refractivity contribution in [1.82, 2.24) is 10.6 Å². The molecule has 7 nitrogen and oxygen atoms in total. The molecule has 2 rings (SSSR count). The minimum Gasteiger partial charge on any atom is -0.352 e. The maximum atomic E-state index is 11.8. The van der Waals surface area contributed by atoms with E-state index in [0.717, 1.165) is 25.7 Å². The number of carbonyl (C=O) groups is 2. The van der Waals surface area contributed by atoms with E-state index in [9.17, 15) is 19.7 Å². The van der Waals surface area contributed by atoms with Crippen LogP contribution in [0.2, 0.25) is 0 Å². The number of amides is 2. The number of hydrogen-bond donors (Lipinski definition) is 2. The smallest absolute Gasteiger partial charge is 0.269 e. The molecule has 0 unspecified atom stereocenters. The molecule has 0 bridgehead atoms. The highest BCUT2D eigenvalue weighted by Gasteiger charge is 2.15. The maximum Gasteiger partial charge on any atom is 0.269 e. The van der Waals surface area contributed by atoms with Crippen LogP contribution in [0.5, 0.6) is 0 Å². The van der Waals surface area contributed by atoms with E-state index in [2.05, 4.69) is 10.6 Å². The number of benzene rings is 1. The van der Waals surface area contributed by atoms with Crippen LogP contribution in [-0.4, -0.2) is 29.3 Å². The molecule has 1 fully saturated rings. The minimum atomic E-state index is -0.481. The normalized spacial score (nSPS) is 15.2. The fourth-order valence-corrected chi connectivity index (χ4v) is 2.63. The van der Waals surface area contributed by atoms with E-state index in [4.69, 9.17) is 0 Å². The van der Waals surface area contributed by atoms with Gasteiger partial charge in [0.2, 0.25) is 11.8 Å². The molecule has 0 aromatic heterocycles. The average Bonchev–Trinajstić information content (AvgIpc) is 2.59. The van der Waals surface area contributed by atoms with E-state index < -0.39 is 4.92 Å². The van der Waals surface area contributed by atoms with E-state index >= 15 is 0 Å². The summed E-state index contributed by atoms with van der Waals surface area (Å²) in [5.74, 6) is -0.564. The second kappa shape index (κ2) is 8.81. The molecule has 128 valence electrons. The second-order valence-electron chi connectivity index (χ2n) is 5.80. The highest BCUT2D eigenvalue weighted by atomic mass is 16.6. The molecule has 0 radical (unpaired) electrons. The molecule has 1 saturated carbocycles. The van der Waals surface area contributed by atoms with E-state index in [1.165, 1.54) is 30.7 Å². The van der Waals surface area contributed by atoms with Crippen molar-refractivity contribution in [3.05, 3.63) is 46.0 Å². The van der Waals surface area contributed by atoms with Gasteiger partial charge in [0, 0.05) is 24.3 Å². The number of nitro groups is 1. The largest absolute Gasteiger partial charge is 0.352 e. The summed E-state index contributed by atoms with van der Waals surface area (Å²) in [6, 6.07) is 6.07. The Bertz CT molecular complexity index is 619. The Hall–Kier alpha value is -2.70. The molecule has 2 amide bonds. The number of non-ortho nitro benzene ring substituents is 1. The first-order valence-corrected chi connectivity index (χ1v) is 8.04. The number of hydrogen-bond acceptors (Lipinski definition) is 4. The Balaban J connectivity index is 1.73. The molecular weight excluding hydrogens is 310 g/mol. The molecule has 7 heteroatoms. The number of rotatable bonds is 6. The molecule has 1 aliphatic carbocycles. The summed E-state index contributed by atoms with van der Waals surface area (Å²) in [7, 11) is 0. The van der Waals surface area contributed by atoms with Crippen molar-refractivity contribution in [1.29, 1.82) is 0 Å². The summed E-state index contributed by atoms with van der Waals surface area (Å²) in [5, 5.41) is 16.0. The van der Waals surface area contributed by atoms with Gasteiger partial charge in [-0.15, -0.1) is 0 Å². The van der Waals surface area contributed by atoms with Gasteiger partial charge in [0.25, 0.3) is 5.69 Å². The second-order valence-corrected chi connectivity index (χ2v) is 5.80. The van der Waals surface area contributed by atoms with Gasteiger partial charge in [-0.3, -0.25) is 19.7 Å². The van der Waals surface area contributed by atoms with Gasteiger partial charge in [-0.2, -0.15) is 0 Å². The fourth-order valence-electron chi connectivity index (χ4n) is 2.63. The molecule has 2 N–H and O–H groups in total. The van der Waals surface area contributed by atoms with E-state index in [1.54, 1.807) is 12.1 Å². The van der Waals surface area contributed by atoms with Gasteiger partial charge in [0.1, 0.15) is 0 Å². The lowest BCUT2D eigenvalue weighted by Crippen LogP contribution is -2.42. The first kappa shape index (κ1) is 17.7. The van der Waals surface area contributed by atoms with Crippen LogP contribution in [0, 0.1) is 10.1 Å². The zero-order valence-electron chi connectivity index (χ0n) is 13.4. The Morgan fingerprint density at radius 1 is 1.17 bits per heavy atom. The number of nitro benzene ring substituents is 1. The van der Waals surface area contributed by atoms with Crippen LogP contribution >= 0.6 is 0 Å². The van der Waals surface area contributed by atoms with Crippen molar-refractivity contribution in [3.8, 4) is 0 Å². The predicted octanol–water partition coefficient (Wildman–Crippen LogP) is 2.17. The van der Waals surface area contributed by atoms with Crippen molar-refractivity contribution in [2.75, 3.05) is 6.54 Å². The van der Waals surface area contributed by atoms with Crippen LogP contribution < -0.4 is 10.6 Å². The third kappa shape index (κ3) is 5.83. The van der Waals surface area contributed by atoms with Gasteiger partial charge in [0.05, 0.1) is 11.5 Å². The quantitative estimate of drug-likeness (QED) is 0.474. The van der Waals surface area contributed by atoms with Crippen LogP contribution in [0.25, 0.3) is 6.08 Å². The summed E-state index contributed by atoms with van der Waals surface area (Å²) in [6.07, 6.45) is 8.33. The summed E-state index contributed by atoms with van der Waals surface area (Å²) in [4.78, 5) is 33.6. The van der Waals surface area contributed by atoms with E-state index in [-0.39, 0.29) is 30.1 Å². The summed E-state index contributed by atoms with van der Waals surface area (Å²) in [6.45, 7) is -0.0556. The highest BCUT2D eigenvalue weighted by Crippen LogP contribution is 2.17. The average molecular weight is 331 g/mol. The number of nitrogens with zero attached hydrogens (tertiary/aromatic N) is 1. The molecule has 0 atom stereocenters. The van der Waals surface area contributed by atoms with Crippen LogP contribution in [0.1, 0.15) is 37.7 Å². The van der Waals surface area contributed by atoms with Crippen molar-refractivity contribution in [2.24, 2.45) is 0 Å². The third-order valence-corrected chi connectivity index (χ3v) is 3.92. The van der Waals surface area contributed by atoms with Crippen molar-refractivity contribution in [2.45, 2.75) is 38.1 Å².